The summed E-state index contributed by atoms with van der Waals surface area (Å²) in [6.45, 7) is 0. The SMILES string of the molecule is NS(=O)(=O)c1ccc(N=Nc2c(O)[nH]c3ccc(O)cc23)cc1.[HH]. The third-order valence-electron chi connectivity index (χ3n) is 3.17. The highest BCUT2D eigenvalue weighted by atomic mass is 32.2. The Labute approximate surface area is 132 Å². The summed E-state index contributed by atoms with van der Waals surface area (Å²) >= 11 is 0. The molecule has 0 aliphatic carbocycles. The molecule has 1 aromatic heterocycles. The monoisotopic (exact) mass is 334 g/mol. The van der Waals surface area contributed by atoms with Crippen LogP contribution >= 0.6 is 0 Å². The lowest BCUT2D eigenvalue weighted by Gasteiger charge is -1.98. The van der Waals surface area contributed by atoms with E-state index in [4.69, 9.17) is 5.14 Å². The van der Waals surface area contributed by atoms with Crippen molar-refractivity contribution >= 4 is 32.3 Å². The van der Waals surface area contributed by atoms with Gasteiger partial charge in [0, 0.05) is 6.81 Å². The summed E-state index contributed by atoms with van der Waals surface area (Å²) in [5, 5.41) is 32.8. The number of sulfonamides is 1. The van der Waals surface area contributed by atoms with Gasteiger partial charge in [0.25, 0.3) is 0 Å². The number of nitrogens with zero attached hydrogens (tertiary/aromatic N) is 2. The smallest absolute Gasteiger partial charge is 0.238 e. The van der Waals surface area contributed by atoms with Gasteiger partial charge in [-0.3, -0.25) is 0 Å². The second-order valence-electron chi connectivity index (χ2n) is 4.79. The molecule has 0 saturated heterocycles. The van der Waals surface area contributed by atoms with Gasteiger partial charge in [-0.1, -0.05) is 0 Å². The van der Waals surface area contributed by atoms with Crippen LogP contribution in [-0.4, -0.2) is 23.6 Å². The maximum absolute atomic E-state index is 11.2. The molecular formula is C14H14N4O4S. The van der Waals surface area contributed by atoms with Gasteiger partial charge in [-0.25, -0.2) is 13.6 Å². The maximum Gasteiger partial charge on any atom is 0.238 e. The third kappa shape index (κ3) is 3.00. The summed E-state index contributed by atoms with van der Waals surface area (Å²) in [7, 11) is -3.76. The fourth-order valence-corrected chi connectivity index (χ4v) is 2.58. The lowest BCUT2D eigenvalue weighted by atomic mass is 10.2. The van der Waals surface area contributed by atoms with E-state index < -0.39 is 10.0 Å². The van der Waals surface area contributed by atoms with E-state index in [9.17, 15) is 18.6 Å². The fourth-order valence-electron chi connectivity index (χ4n) is 2.06. The summed E-state index contributed by atoms with van der Waals surface area (Å²) < 4.78 is 22.3. The Hall–Kier alpha value is -2.91. The van der Waals surface area contributed by atoms with Gasteiger partial charge < -0.3 is 15.2 Å². The van der Waals surface area contributed by atoms with E-state index in [2.05, 4.69) is 15.2 Å². The number of aromatic hydroxyl groups is 2. The number of nitrogens with two attached hydrogens (primary N) is 1. The number of fused-ring (bicyclic) bond motifs is 1. The first-order valence-corrected chi connectivity index (χ1v) is 7.97. The number of phenols is 1. The van der Waals surface area contributed by atoms with Crippen LogP contribution in [-0.2, 0) is 10.0 Å². The van der Waals surface area contributed by atoms with E-state index in [0.29, 0.717) is 16.6 Å². The number of H-pyrrole nitrogens is 1. The molecule has 9 heteroatoms. The Morgan fingerprint density at radius 2 is 1.74 bits per heavy atom. The molecule has 0 atom stereocenters. The van der Waals surface area contributed by atoms with Gasteiger partial charge in [0.05, 0.1) is 16.1 Å². The lowest BCUT2D eigenvalue weighted by Crippen LogP contribution is -2.11. The van der Waals surface area contributed by atoms with E-state index in [1.54, 1.807) is 6.07 Å². The quantitative estimate of drug-likeness (QED) is 0.546. The normalized spacial score (nSPS) is 12.2. The Morgan fingerprint density at radius 1 is 1.04 bits per heavy atom. The largest absolute Gasteiger partial charge is 0.508 e. The molecular weight excluding hydrogens is 320 g/mol. The van der Waals surface area contributed by atoms with Gasteiger partial charge in [-0.15, -0.1) is 5.11 Å². The van der Waals surface area contributed by atoms with Crippen molar-refractivity contribution in [1.82, 2.24) is 4.98 Å². The number of primary sulfonamides is 1. The molecule has 1 heterocycles. The molecule has 0 aliphatic rings. The van der Waals surface area contributed by atoms with Crippen LogP contribution in [0.1, 0.15) is 1.43 Å². The molecule has 0 bridgehead atoms. The van der Waals surface area contributed by atoms with Crippen LogP contribution in [0.3, 0.4) is 0 Å². The number of aromatic amines is 1. The Balaban J connectivity index is 0.00000208. The first kappa shape index (κ1) is 15.0. The average Bonchev–Trinajstić information content (AvgIpc) is 2.79. The van der Waals surface area contributed by atoms with Crippen LogP contribution in [0.4, 0.5) is 11.4 Å². The highest BCUT2D eigenvalue weighted by molar-refractivity contribution is 7.89. The third-order valence-corrected chi connectivity index (χ3v) is 4.10. The zero-order valence-electron chi connectivity index (χ0n) is 11.6. The number of phenolic OH excluding ortho intramolecular Hbond substituents is 1. The average molecular weight is 334 g/mol. The van der Waals surface area contributed by atoms with Crippen molar-refractivity contribution in [1.29, 1.82) is 0 Å². The number of benzene rings is 2. The van der Waals surface area contributed by atoms with Crippen molar-refractivity contribution in [2.75, 3.05) is 0 Å². The van der Waals surface area contributed by atoms with Gasteiger partial charge in [0.2, 0.25) is 15.9 Å². The topological polar surface area (TPSA) is 141 Å². The molecule has 120 valence electrons. The molecule has 0 radical (unpaired) electrons. The predicted octanol–water partition coefficient (Wildman–Crippen LogP) is 2.89. The molecule has 0 amide bonds. The van der Waals surface area contributed by atoms with Gasteiger partial charge >= 0.3 is 0 Å². The minimum Gasteiger partial charge on any atom is -0.508 e. The number of hydrogen-bond acceptors (Lipinski definition) is 6. The zero-order chi connectivity index (χ0) is 16.6. The van der Waals surface area contributed by atoms with E-state index >= 15 is 0 Å². The van der Waals surface area contributed by atoms with Crippen molar-refractivity contribution < 1.29 is 20.1 Å². The summed E-state index contributed by atoms with van der Waals surface area (Å²) in [6.07, 6.45) is 0. The molecule has 5 N–H and O–H groups in total. The van der Waals surface area contributed by atoms with E-state index in [0.717, 1.165) is 0 Å². The standard InChI is InChI=1S/C14H12N4O4S.H2/c15-23(21,22)10-4-1-8(2-5-10)17-18-13-11-7-9(19)3-6-12(11)16-14(13)20;/h1-7,16,19-20H,(H2,15,21,22);1H. The summed E-state index contributed by atoms with van der Waals surface area (Å²) in [5.74, 6) is -0.152. The maximum atomic E-state index is 11.2. The van der Waals surface area contributed by atoms with Gasteiger partial charge in [-0.2, -0.15) is 5.11 Å². The first-order valence-electron chi connectivity index (χ1n) is 6.43. The molecule has 2 aromatic carbocycles. The number of hydrogen-bond donors (Lipinski definition) is 4. The van der Waals surface area contributed by atoms with Gasteiger partial charge in [0.15, 0.2) is 5.69 Å². The predicted molar refractivity (Wildman–Crippen MR) is 85.7 cm³/mol. The zero-order valence-corrected chi connectivity index (χ0v) is 12.4. The minimum atomic E-state index is -3.76. The van der Waals surface area contributed by atoms with Crippen LogP contribution in [0.15, 0.2) is 57.6 Å². The van der Waals surface area contributed by atoms with Crippen molar-refractivity contribution in [3.8, 4) is 11.6 Å². The van der Waals surface area contributed by atoms with Crippen molar-refractivity contribution in [2.24, 2.45) is 15.4 Å². The molecule has 0 fully saturated rings. The Kier molecular flexibility index (Phi) is 3.51. The summed E-state index contributed by atoms with van der Waals surface area (Å²) in [5.41, 5.74) is 1.15. The number of azo groups is 1. The van der Waals surface area contributed by atoms with Crippen molar-refractivity contribution in [3.63, 3.8) is 0 Å². The van der Waals surface area contributed by atoms with Crippen LogP contribution in [0, 0.1) is 0 Å². The summed E-state index contributed by atoms with van der Waals surface area (Å²) in [4.78, 5) is 2.68. The van der Waals surface area contributed by atoms with E-state index in [-0.39, 0.29) is 23.6 Å². The van der Waals surface area contributed by atoms with Gasteiger partial charge in [-0.05, 0) is 42.5 Å². The highest BCUT2D eigenvalue weighted by Gasteiger charge is 2.11. The molecule has 8 nitrogen and oxygen atoms in total. The second-order valence-corrected chi connectivity index (χ2v) is 6.35. The van der Waals surface area contributed by atoms with Crippen LogP contribution < -0.4 is 5.14 Å². The van der Waals surface area contributed by atoms with Crippen LogP contribution in [0.2, 0.25) is 0 Å². The number of aromatic nitrogens is 1. The highest BCUT2D eigenvalue weighted by Crippen LogP contribution is 2.37. The fraction of sp³-hybridized carbons (Fsp3) is 0. The molecule has 23 heavy (non-hydrogen) atoms. The Morgan fingerprint density at radius 3 is 2.39 bits per heavy atom. The van der Waals surface area contributed by atoms with E-state index in [1.165, 1.54) is 36.4 Å². The lowest BCUT2D eigenvalue weighted by molar-refractivity contribution is 0.459. The molecule has 0 unspecified atom stereocenters. The molecule has 0 saturated carbocycles. The minimum absolute atomic E-state index is 0. The Bertz CT molecular complexity index is 1010. The molecule has 0 aliphatic heterocycles. The number of rotatable bonds is 3. The van der Waals surface area contributed by atoms with Crippen molar-refractivity contribution in [3.05, 3.63) is 42.5 Å². The number of nitrogens with one attached hydrogen (secondary N) is 1. The van der Waals surface area contributed by atoms with Gasteiger partial charge in [0.1, 0.15) is 5.75 Å². The molecule has 3 rings (SSSR count). The molecule has 0 spiro atoms. The van der Waals surface area contributed by atoms with E-state index in [1.807, 2.05) is 0 Å². The second kappa shape index (κ2) is 5.38. The first-order chi connectivity index (χ1) is 10.8. The van der Waals surface area contributed by atoms with Crippen LogP contribution in [0.5, 0.6) is 11.6 Å². The molecule has 3 aromatic rings. The summed E-state index contributed by atoms with van der Waals surface area (Å²) in [6, 6.07) is 10.0. The van der Waals surface area contributed by atoms with Crippen molar-refractivity contribution in [2.45, 2.75) is 4.90 Å². The van der Waals surface area contributed by atoms with Crippen LogP contribution in [0.25, 0.3) is 10.9 Å².